The molecular formula is C28H37N3O3. The van der Waals surface area contributed by atoms with Gasteiger partial charge >= 0.3 is 0 Å². The Balaban J connectivity index is 0.000000618. The molecule has 6 nitrogen and oxygen atoms in total. The van der Waals surface area contributed by atoms with Gasteiger partial charge in [-0.15, -0.1) is 0 Å². The molecule has 1 saturated heterocycles. The summed E-state index contributed by atoms with van der Waals surface area (Å²) >= 11 is 0. The molecule has 4 rings (SSSR count). The van der Waals surface area contributed by atoms with Gasteiger partial charge in [-0.25, -0.2) is 4.98 Å². The Kier molecular flexibility index (Phi) is 11.6. The molecule has 2 amide bonds. The number of aromatic nitrogens is 1. The normalized spacial score (nSPS) is 15.5. The molecule has 34 heavy (non-hydrogen) atoms. The number of nitrogens with one attached hydrogen (secondary N) is 1. The van der Waals surface area contributed by atoms with Crippen LogP contribution in [0.1, 0.15) is 58.1 Å². The summed E-state index contributed by atoms with van der Waals surface area (Å²) in [6.07, 6.45) is 12.0. The van der Waals surface area contributed by atoms with Gasteiger partial charge < -0.3 is 15.0 Å². The minimum atomic E-state index is -0.00174. The topological polar surface area (TPSA) is 71.5 Å². The lowest BCUT2D eigenvalue weighted by molar-refractivity contribution is -0.127. The number of nitrogens with zero attached hydrogens (tertiary/aromatic N) is 2. The second-order valence-electron chi connectivity index (χ2n) is 7.78. The van der Waals surface area contributed by atoms with Gasteiger partial charge in [-0.2, -0.15) is 0 Å². The quantitative estimate of drug-likeness (QED) is 0.469. The van der Waals surface area contributed by atoms with Crippen molar-refractivity contribution in [2.75, 3.05) is 18.4 Å². The third kappa shape index (κ3) is 8.50. The molecule has 182 valence electrons. The summed E-state index contributed by atoms with van der Waals surface area (Å²) in [5, 5.41) is 2.76. The van der Waals surface area contributed by atoms with Crippen molar-refractivity contribution in [1.29, 1.82) is 0 Å². The zero-order valence-corrected chi connectivity index (χ0v) is 20.8. The van der Waals surface area contributed by atoms with Crippen molar-refractivity contribution in [3.8, 4) is 5.75 Å². The van der Waals surface area contributed by atoms with Crippen LogP contribution in [-0.4, -0.2) is 40.9 Å². The van der Waals surface area contributed by atoms with E-state index in [-0.39, 0.29) is 17.9 Å². The van der Waals surface area contributed by atoms with E-state index in [4.69, 9.17) is 4.74 Å². The number of pyridine rings is 1. The number of likely N-dealkylation sites (tertiary alicyclic amines) is 1. The molecule has 1 N–H and O–H groups in total. The number of anilines is 1. The van der Waals surface area contributed by atoms with Crippen LogP contribution in [0.15, 0.2) is 60.8 Å². The van der Waals surface area contributed by atoms with Crippen LogP contribution in [0.5, 0.6) is 5.75 Å². The van der Waals surface area contributed by atoms with Gasteiger partial charge in [0.05, 0.1) is 0 Å². The minimum absolute atomic E-state index is 0.00174. The lowest BCUT2D eigenvalue weighted by atomic mass is 10.0. The molecule has 2 aliphatic heterocycles. The predicted octanol–water partition coefficient (Wildman–Crippen LogP) is 5.66. The highest BCUT2D eigenvalue weighted by atomic mass is 16.5. The maximum Gasteiger partial charge on any atom is 0.246 e. The number of piperidine rings is 1. The van der Waals surface area contributed by atoms with Crippen molar-refractivity contribution >= 4 is 23.7 Å². The maximum absolute atomic E-state index is 12.5. The highest BCUT2D eigenvalue weighted by molar-refractivity contribution is 5.93. The molecule has 0 saturated carbocycles. The molecule has 0 unspecified atom stereocenters. The number of aryl methyl sites for hydroxylation is 1. The standard InChI is InChI=1S/C22H23N3O3.C4H8.C2H6/c26-20-8-7-17-14-16(15-23-22(17)24-20)6-9-21(27)25-12-10-19(11-13-25)28-18-4-2-1-3-5-18;1-3-4-2;1-2/h1-6,9,14-15,19H,7-8,10-13H2,(H,23,24,26);3-4H,1-2H3;1-2H3/b9-6+;;. The van der Waals surface area contributed by atoms with Crippen molar-refractivity contribution in [2.24, 2.45) is 0 Å². The highest BCUT2D eigenvalue weighted by Gasteiger charge is 2.23. The SMILES string of the molecule is CC.CC=CC.O=C1CCc2cc(/C=C/C(=O)N3CCC(Oc4ccccc4)CC3)cnc2N1. The summed E-state index contributed by atoms with van der Waals surface area (Å²) in [6, 6.07) is 11.8. The van der Waals surface area contributed by atoms with Crippen molar-refractivity contribution < 1.29 is 14.3 Å². The van der Waals surface area contributed by atoms with Crippen LogP contribution in [0.2, 0.25) is 0 Å². The molecule has 0 radical (unpaired) electrons. The molecule has 0 spiro atoms. The number of allylic oxidation sites excluding steroid dienone is 2. The Morgan fingerprint density at radius 2 is 1.76 bits per heavy atom. The van der Waals surface area contributed by atoms with E-state index in [1.807, 2.05) is 81.1 Å². The second kappa shape index (κ2) is 14.7. The Morgan fingerprint density at radius 3 is 2.41 bits per heavy atom. The Labute approximate surface area is 203 Å². The van der Waals surface area contributed by atoms with E-state index in [9.17, 15) is 9.59 Å². The molecule has 6 heteroatoms. The number of rotatable bonds is 4. The maximum atomic E-state index is 12.5. The fourth-order valence-corrected chi connectivity index (χ4v) is 3.52. The van der Waals surface area contributed by atoms with Crippen LogP contribution >= 0.6 is 0 Å². The predicted molar refractivity (Wildman–Crippen MR) is 139 cm³/mol. The first kappa shape index (κ1) is 26.8. The first-order chi connectivity index (χ1) is 16.6. The zero-order chi connectivity index (χ0) is 24.8. The first-order valence-electron chi connectivity index (χ1n) is 12.1. The third-order valence-corrected chi connectivity index (χ3v) is 5.42. The number of carbonyl (C=O) groups excluding carboxylic acids is 2. The highest BCUT2D eigenvalue weighted by Crippen LogP contribution is 2.22. The van der Waals surface area contributed by atoms with E-state index in [0.29, 0.717) is 31.7 Å². The van der Waals surface area contributed by atoms with E-state index in [1.54, 1.807) is 18.3 Å². The number of ether oxygens (including phenoxy) is 1. The number of hydrogen-bond acceptors (Lipinski definition) is 4. The molecule has 0 atom stereocenters. The van der Waals surface area contributed by atoms with Crippen molar-refractivity contribution in [3.63, 3.8) is 0 Å². The van der Waals surface area contributed by atoms with Crippen LogP contribution < -0.4 is 10.1 Å². The Bertz CT molecular complexity index is 958. The lowest BCUT2D eigenvalue weighted by Crippen LogP contribution is -2.41. The van der Waals surface area contributed by atoms with Gasteiger partial charge in [-0.05, 0) is 55.7 Å². The monoisotopic (exact) mass is 463 g/mol. The largest absolute Gasteiger partial charge is 0.490 e. The summed E-state index contributed by atoms with van der Waals surface area (Å²) in [5.41, 5.74) is 1.87. The molecule has 3 heterocycles. The molecule has 0 aliphatic carbocycles. The van der Waals surface area contributed by atoms with E-state index in [1.165, 1.54) is 0 Å². The third-order valence-electron chi connectivity index (χ3n) is 5.42. The summed E-state index contributed by atoms with van der Waals surface area (Å²) in [7, 11) is 0. The Morgan fingerprint density at radius 1 is 1.09 bits per heavy atom. The number of para-hydroxylation sites is 1. The van der Waals surface area contributed by atoms with Gasteiger partial charge in [0.15, 0.2) is 0 Å². The van der Waals surface area contributed by atoms with Gasteiger partial charge in [0.2, 0.25) is 11.8 Å². The van der Waals surface area contributed by atoms with Gasteiger partial charge in [-0.1, -0.05) is 44.2 Å². The lowest BCUT2D eigenvalue weighted by Gasteiger charge is -2.31. The van der Waals surface area contributed by atoms with Crippen molar-refractivity contribution in [2.45, 2.75) is 59.5 Å². The number of amides is 2. The van der Waals surface area contributed by atoms with E-state index in [2.05, 4.69) is 10.3 Å². The number of fused-ring (bicyclic) bond motifs is 1. The fraction of sp³-hybridized carbons (Fsp3) is 0.393. The van der Waals surface area contributed by atoms with Gasteiger partial charge in [0.1, 0.15) is 17.7 Å². The molecular weight excluding hydrogens is 426 g/mol. The van der Waals surface area contributed by atoms with Gasteiger partial charge in [-0.3, -0.25) is 9.59 Å². The molecule has 2 aromatic rings. The van der Waals surface area contributed by atoms with E-state index >= 15 is 0 Å². The summed E-state index contributed by atoms with van der Waals surface area (Å²) in [5.74, 6) is 1.51. The smallest absolute Gasteiger partial charge is 0.246 e. The van der Waals surface area contributed by atoms with Crippen LogP contribution in [0.25, 0.3) is 6.08 Å². The minimum Gasteiger partial charge on any atom is -0.490 e. The molecule has 1 fully saturated rings. The summed E-state index contributed by atoms with van der Waals surface area (Å²) in [6.45, 7) is 9.38. The second-order valence-corrected chi connectivity index (χ2v) is 7.78. The molecule has 0 bridgehead atoms. The van der Waals surface area contributed by atoms with Crippen LogP contribution in [0, 0.1) is 0 Å². The molecule has 1 aromatic carbocycles. The number of hydrogen-bond donors (Lipinski definition) is 1. The fourth-order valence-electron chi connectivity index (χ4n) is 3.52. The van der Waals surface area contributed by atoms with Crippen LogP contribution in [-0.2, 0) is 16.0 Å². The summed E-state index contributed by atoms with van der Waals surface area (Å²) in [4.78, 5) is 30.0. The average Bonchev–Trinajstić information content (AvgIpc) is 2.89. The number of carbonyl (C=O) groups is 2. The van der Waals surface area contributed by atoms with E-state index in [0.717, 1.165) is 29.7 Å². The molecule has 1 aromatic heterocycles. The molecule has 2 aliphatic rings. The Hall–Kier alpha value is -3.41. The zero-order valence-electron chi connectivity index (χ0n) is 20.8. The van der Waals surface area contributed by atoms with Crippen molar-refractivity contribution in [3.05, 3.63) is 72.0 Å². The van der Waals surface area contributed by atoms with Crippen LogP contribution in [0.4, 0.5) is 5.82 Å². The van der Waals surface area contributed by atoms with Gasteiger partial charge in [0.25, 0.3) is 0 Å². The summed E-state index contributed by atoms with van der Waals surface area (Å²) < 4.78 is 5.98. The average molecular weight is 464 g/mol. The van der Waals surface area contributed by atoms with Gasteiger partial charge in [0, 0.05) is 44.6 Å². The first-order valence-corrected chi connectivity index (χ1v) is 12.1. The van der Waals surface area contributed by atoms with Crippen molar-refractivity contribution in [1.82, 2.24) is 9.88 Å². The van der Waals surface area contributed by atoms with Crippen LogP contribution in [0.3, 0.4) is 0 Å². The van der Waals surface area contributed by atoms with E-state index < -0.39 is 0 Å². The number of benzene rings is 1.